The van der Waals surface area contributed by atoms with Crippen molar-refractivity contribution in [3.05, 3.63) is 51.7 Å². The second-order valence-electron chi connectivity index (χ2n) is 5.34. The van der Waals surface area contributed by atoms with Gasteiger partial charge in [-0.1, -0.05) is 17.7 Å². The molecule has 2 aromatic heterocycles. The van der Waals surface area contributed by atoms with E-state index in [1.54, 1.807) is 22.9 Å². The highest BCUT2D eigenvalue weighted by atomic mass is 35.5. The Morgan fingerprint density at radius 1 is 1.32 bits per heavy atom. The third kappa shape index (κ3) is 2.03. The number of hydrogen-bond donors (Lipinski definition) is 2. The van der Waals surface area contributed by atoms with Crippen LogP contribution in [0.3, 0.4) is 0 Å². The van der Waals surface area contributed by atoms with Crippen LogP contribution in [0.15, 0.2) is 35.3 Å². The van der Waals surface area contributed by atoms with Crippen molar-refractivity contribution in [3.63, 3.8) is 0 Å². The Kier molecular flexibility index (Phi) is 3.20. The molecule has 1 aliphatic heterocycles. The predicted molar refractivity (Wildman–Crippen MR) is 84.5 cm³/mol. The molecule has 1 atom stereocenters. The molecule has 6 nitrogen and oxygen atoms in total. The Morgan fingerprint density at radius 2 is 2.23 bits per heavy atom. The topological polar surface area (TPSA) is 75.6 Å². The molecular weight excluding hydrogens is 302 g/mol. The molecular formula is C15H14ClN5O. The Hall–Kier alpha value is -2.18. The highest BCUT2D eigenvalue weighted by molar-refractivity contribution is 6.35. The van der Waals surface area contributed by atoms with Gasteiger partial charge in [-0.25, -0.2) is 9.55 Å². The number of nitrogens with one attached hydrogen (secondary N) is 2. The molecule has 2 N–H and O–H groups in total. The van der Waals surface area contributed by atoms with Crippen molar-refractivity contribution in [2.75, 3.05) is 6.54 Å². The first-order chi connectivity index (χ1) is 10.8. The number of fused-ring (bicyclic) bond motifs is 1. The third-order valence-electron chi connectivity index (χ3n) is 3.97. The van der Waals surface area contributed by atoms with Crippen LogP contribution in [0, 0.1) is 0 Å². The van der Waals surface area contributed by atoms with Crippen molar-refractivity contribution in [1.29, 1.82) is 0 Å². The molecule has 1 saturated heterocycles. The van der Waals surface area contributed by atoms with E-state index in [0.717, 1.165) is 19.4 Å². The smallest absolute Gasteiger partial charge is 0.268 e. The summed E-state index contributed by atoms with van der Waals surface area (Å²) in [7, 11) is 0. The van der Waals surface area contributed by atoms with Gasteiger partial charge in [0.25, 0.3) is 5.56 Å². The largest absolute Gasteiger partial charge is 0.307 e. The minimum Gasteiger partial charge on any atom is -0.307 e. The van der Waals surface area contributed by atoms with E-state index in [1.807, 2.05) is 12.1 Å². The summed E-state index contributed by atoms with van der Waals surface area (Å²) in [6.45, 7) is 0.928. The number of aromatic nitrogens is 4. The highest BCUT2D eigenvalue weighted by Gasteiger charge is 2.24. The van der Waals surface area contributed by atoms with E-state index >= 15 is 0 Å². The zero-order valence-electron chi connectivity index (χ0n) is 11.7. The average Bonchev–Trinajstić information content (AvgIpc) is 3.20. The SMILES string of the molecule is O=c1c2c(Cl)cccc2nc([C@@H]2CCCN2)n1-c1ccn[nH]1. The van der Waals surface area contributed by atoms with E-state index in [0.29, 0.717) is 27.6 Å². The van der Waals surface area contributed by atoms with E-state index in [1.165, 1.54) is 0 Å². The van der Waals surface area contributed by atoms with Crippen LogP contribution >= 0.6 is 11.6 Å². The molecule has 3 heterocycles. The van der Waals surface area contributed by atoms with Crippen molar-refractivity contribution in [3.8, 4) is 5.82 Å². The first-order valence-electron chi connectivity index (χ1n) is 7.20. The zero-order chi connectivity index (χ0) is 15.1. The predicted octanol–water partition coefficient (Wildman–Crippen LogP) is 2.19. The highest BCUT2D eigenvalue weighted by Crippen LogP contribution is 2.26. The standard InChI is InChI=1S/C15H14ClN5O/c16-9-3-1-4-10-13(9)15(22)21(12-6-8-18-20-12)14(19-10)11-5-2-7-17-11/h1,3-4,6,8,11,17H,2,5,7H2,(H,18,20)/t11-/m0/s1. The molecule has 0 aliphatic carbocycles. The van der Waals surface area contributed by atoms with Gasteiger partial charge in [0.15, 0.2) is 0 Å². The van der Waals surface area contributed by atoms with E-state index in [2.05, 4.69) is 15.5 Å². The molecule has 0 bridgehead atoms. The number of H-pyrrole nitrogens is 1. The molecule has 1 aliphatic rings. The summed E-state index contributed by atoms with van der Waals surface area (Å²) < 4.78 is 1.57. The summed E-state index contributed by atoms with van der Waals surface area (Å²) >= 11 is 6.21. The number of benzene rings is 1. The molecule has 1 aromatic carbocycles. The number of nitrogens with zero attached hydrogens (tertiary/aromatic N) is 3. The number of aromatic amines is 1. The van der Waals surface area contributed by atoms with Gasteiger partial charge in [0.05, 0.1) is 28.2 Å². The molecule has 0 spiro atoms. The molecule has 0 amide bonds. The molecule has 112 valence electrons. The fraction of sp³-hybridized carbons (Fsp3) is 0.267. The average molecular weight is 316 g/mol. The summed E-state index contributed by atoms with van der Waals surface area (Å²) in [4.78, 5) is 17.7. The summed E-state index contributed by atoms with van der Waals surface area (Å²) in [5.41, 5.74) is 0.445. The Bertz CT molecular complexity index is 881. The zero-order valence-corrected chi connectivity index (χ0v) is 12.5. The quantitative estimate of drug-likeness (QED) is 0.760. The number of halogens is 1. The monoisotopic (exact) mass is 315 g/mol. The van der Waals surface area contributed by atoms with Crippen LogP contribution in [0.4, 0.5) is 0 Å². The minimum absolute atomic E-state index is 0.0550. The van der Waals surface area contributed by atoms with Crippen molar-refractivity contribution >= 4 is 22.5 Å². The lowest BCUT2D eigenvalue weighted by Crippen LogP contribution is -2.29. The molecule has 3 aromatic rings. The maximum atomic E-state index is 13.0. The first-order valence-corrected chi connectivity index (χ1v) is 7.58. The van der Waals surface area contributed by atoms with Gasteiger partial charge in [-0.15, -0.1) is 0 Å². The molecule has 1 fully saturated rings. The van der Waals surface area contributed by atoms with Crippen molar-refractivity contribution in [2.24, 2.45) is 0 Å². The van der Waals surface area contributed by atoms with Gasteiger partial charge in [-0.2, -0.15) is 5.10 Å². The minimum atomic E-state index is -0.177. The molecule has 0 unspecified atom stereocenters. The van der Waals surface area contributed by atoms with Crippen LogP contribution < -0.4 is 10.9 Å². The van der Waals surface area contributed by atoms with Gasteiger partial charge in [0.2, 0.25) is 0 Å². The maximum absolute atomic E-state index is 13.0. The van der Waals surface area contributed by atoms with Gasteiger partial charge in [-0.05, 0) is 31.5 Å². The molecule has 4 rings (SSSR count). The van der Waals surface area contributed by atoms with Gasteiger partial charge >= 0.3 is 0 Å². The van der Waals surface area contributed by atoms with Gasteiger partial charge in [0, 0.05) is 6.07 Å². The number of hydrogen-bond acceptors (Lipinski definition) is 4. The lowest BCUT2D eigenvalue weighted by Gasteiger charge is -2.17. The lowest BCUT2D eigenvalue weighted by atomic mass is 10.2. The summed E-state index contributed by atoms with van der Waals surface area (Å²) in [5.74, 6) is 1.30. The van der Waals surface area contributed by atoms with Crippen LogP contribution in [0.1, 0.15) is 24.7 Å². The van der Waals surface area contributed by atoms with Crippen molar-refractivity contribution in [2.45, 2.75) is 18.9 Å². The molecule has 0 radical (unpaired) electrons. The summed E-state index contributed by atoms with van der Waals surface area (Å²) in [6.07, 6.45) is 3.63. The van der Waals surface area contributed by atoms with Gasteiger partial charge < -0.3 is 5.32 Å². The third-order valence-corrected chi connectivity index (χ3v) is 4.29. The molecule has 0 saturated carbocycles. The van der Waals surface area contributed by atoms with Crippen molar-refractivity contribution in [1.82, 2.24) is 25.1 Å². The summed E-state index contributed by atoms with van der Waals surface area (Å²) in [5, 5.41) is 11.0. The molecule has 7 heteroatoms. The van der Waals surface area contributed by atoms with Crippen molar-refractivity contribution < 1.29 is 0 Å². The van der Waals surface area contributed by atoms with E-state index in [-0.39, 0.29) is 11.6 Å². The Morgan fingerprint density at radius 3 is 2.95 bits per heavy atom. The Labute approximate surface area is 131 Å². The van der Waals surface area contributed by atoms with Crippen LogP contribution in [-0.4, -0.2) is 26.3 Å². The number of rotatable bonds is 2. The van der Waals surface area contributed by atoms with E-state index in [9.17, 15) is 4.79 Å². The van der Waals surface area contributed by atoms with Gasteiger partial charge in [-0.3, -0.25) is 9.89 Å². The lowest BCUT2D eigenvalue weighted by molar-refractivity contribution is 0.581. The first kappa shape index (κ1) is 13.5. The van der Waals surface area contributed by atoms with E-state index < -0.39 is 0 Å². The van der Waals surface area contributed by atoms with Crippen LogP contribution in [-0.2, 0) is 0 Å². The fourth-order valence-electron chi connectivity index (χ4n) is 2.95. The summed E-state index contributed by atoms with van der Waals surface area (Å²) in [6, 6.07) is 7.14. The van der Waals surface area contributed by atoms with Gasteiger partial charge in [0.1, 0.15) is 11.6 Å². The molecule has 22 heavy (non-hydrogen) atoms. The normalized spacial score (nSPS) is 18.1. The van der Waals surface area contributed by atoms with E-state index in [4.69, 9.17) is 16.6 Å². The maximum Gasteiger partial charge on any atom is 0.268 e. The van der Waals surface area contributed by atoms with Crippen LogP contribution in [0.25, 0.3) is 16.7 Å². The van der Waals surface area contributed by atoms with Crippen LogP contribution in [0.5, 0.6) is 0 Å². The second-order valence-corrected chi connectivity index (χ2v) is 5.74. The fourth-order valence-corrected chi connectivity index (χ4v) is 3.20. The Balaban J connectivity index is 2.08. The van der Waals surface area contributed by atoms with Crippen LogP contribution in [0.2, 0.25) is 5.02 Å². The second kappa shape index (κ2) is 5.23.